The summed E-state index contributed by atoms with van der Waals surface area (Å²) >= 11 is 3.30. The molecule has 0 aromatic heterocycles. The van der Waals surface area contributed by atoms with Gasteiger partial charge in [-0.25, -0.2) is 12.7 Å². The van der Waals surface area contributed by atoms with Gasteiger partial charge in [0.25, 0.3) is 0 Å². The second-order valence-corrected chi connectivity index (χ2v) is 7.02. The zero-order valence-electron chi connectivity index (χ0n) is 10.7. The van der Waals surface area contributed by atoms with Crippen LogP contribution in [0.2, 0.25) is 0 Å². The largest absolute Gasteiger partial charge is 0.326 e. The van der Waals surface area contributed by atoms with Gasteiger partial charge in [0.15, 0.2) is 0 Å². The van der Waals surface area contributed by atoms with E-state index in [1.807, 2.05) is 6.92 Å². The van der Waals surface area contributed by atoms with Gasteiger partial charge in [-0.15, -0.1) is 0 Å². The number of sulfonamides is 1. The fourth-order valence-electron chi connectivity index (χ4n) is 1.55. The van der Waals surface area contributed by atoms with Gasteiger partial charge in [0.05, 0.1) is 4.90 Å². The van der Waals surface area contributed by atoms with Crippen molar-refractivity contribution in [1.82, 2.24) is 4.31 Å². The SMILES string of the molecule is CCCCN(C)S(=O)(=O)c1ccc(CN)cc1Br. The quantitative estimate of drug-likeness (QED) is 0.868. The molecule has 0 amide bonds. The Morgan fingerprint density at radius 3 is 2.56 bits per heavy atom. The molecule has 0 atom stereocenters. The van der Waals surface area contributed by atoms with E-state index in [2.05, 4.69) is 15.9 Å². The summed E-state index contributed by atoms with van der Waals surface area (Å²) in [5.41, 5.74) is 6.42. The zero-order valence-corrected chi connectivity index (χ0v) is 13.1. The third kappa shape index (κ3) is 3.54. The molecule has 0 aliphatic carbocycles. The predicted molar refractivity (Wildman–Crippen MR) is 76.8 cm³/mol. The maximum atomic E-state index is 12.3. The monoisotopic (exact) mass is 334 g/mol. The number of nitrogens with zero attached hydrogens (tertiary/aromatic N) is 1. The van der Waals surface area contributed by atoms with Crippen molar-refractivity contribution in [2.75, 3.05) is 13.6 Å². The third-order valence-electron chi connectivity index (χ3n) is 2.75. The molecule has 0 radical (unpaired) electrons. The van der Waals surface area contributed by atoms with Gasteiger partial charge >= 0.3 is 0 Å². The minimum atomic E-state index is -3.42. The molecule has 0 aliphatic heterocycles. The first-order valence-corrected chi connectivity index (χ1v) is 8.11. The van der Waals surface area contributed by atoms with Crippen LogP contribution in [0.25, 0.3) is 0 Å². The number of unbranched alkanes of at least 4 members (excludes halogenated alkanes) is 1. The Morgan fingerprint density at radius 1 is 1.39 bits per heavy atom. The molecular formula is C12H19BrN2O2S. The van der Waals surface area contributed by atoms with Crippen molar-refractivity contribution < 1.29 is 8.42 Å². The van der Waals surface area contributed by atoms with Crippen molar-refractivity contribution in [1.29, 1.82) is 0 Å². The molecule has 18 heavy (non-hydrogen) atoms. The average molecular weight is 335 g/mol. The molecule has 0 spiro atoms. The van der Waals surface area contributed by atoms with Crippen LogP contribution in [0.4, 0.5) is 0 Å². The van der Waals surface area contributed by atoms with Gasteiger partial charge in [0.1, 0.15) is 0 Å². The van der Waals surface area contributed by atoms with Gasteiger partial charge < -0.3 is 5.73 Å². The Labute approximate surface area is 117 Å². The van der Waals surface area contributed by atoms with Crippen LogP contribution in [0, 0.1) is 0 Å². The summed E-state index contributed by atoms with van der Waals surface area (Å²) in [5.74, 6) is 0. The summed E-state index contributed by atoms with van der Waals surface area (Å²) in [6.07, 6.45) is 1.82. The highest BCUT2D eigenvalue weighted by molar-refractivity contribution is 9.10. The lowest BCUT2D eigenvalue weighted by molar-refractivity contribution is 0.459. The normalized spacial score (nSPS) is 12.1. The van der Waals surface area contributed by atoms with Crippen molar-refractivity contribution >= 4 is 26.0 Å². The minimum absolute atomic E-state index is 0.290. The van der Waals surface area contributed by atoms with E-state index >= 15 is 0 Å². The summed E-state index contributed by atoms with van der Waals surface area (Å²) in [7, 11) is -1.82. The molecule has 0 fully saturated rings. The van der Waals surface area contributed by atoms with E-state index in [4.69, 9.17) is 5.73 Å². The smallest absolute Gasteiger partial charge is 0.243 e. The Hall–Kier alpha value is -0.430. The molecule has 0 unspecified atom stereocenters. The van der Waals surface area contributed by atoms with Crippen LogP contribution in [0.1, 0.15) is 25.3 Å². The highest BCUT2D eigenvalue weighted by Gasteiger charge is 2.22. The summed E-state index contributed by atoms with van der Waals surface area (Å²) < 4.78 is 26.6. The maximum absolute atomic E-state index is 12.3. The van der Waals surface area contributed by atoms with Crippen LogP contribution < -0.4 is 5.73 Å². The third-order valence-corrected chi connectivity index (χ3v) is 5.58. The highest BCUT2D eigenvalue weighted by Crippen LogP contribution is 2.25. The molecule has 1 aromatic carbocycles. The summed E-state index contributed by atoms with van der Waals surface area (Å²) in [4.78, 5) is 0.290. The summed E-state index contributed by atoms with van der Waals surface area (Å²) in [5, 5.41) is 0. The van der Waals surface area contributed by atoms with Crippen molar-refractivity contribution in [2.45, 2.75) is 31.2 Å². The van der Waals surface area contributed by atoms with Crippen molar-refractivity contribution in [3.05, 3.63) is 28.2 Å². The standard InChI is InChI=1S/C12H19BrN2O2S/c1-3-4-7-15(2)18(16,17)12-6-5-10(9-14)8-11(12)13/h5-6,8H,3-4,7,9,14H2,1-2H3. The molecule has 0 heterocycles. The molecule has 2 N–H and O–H groups in total. The number of nitrogens with two attached hydrogens (primary N) is 1. The van der Waals surface area contributed by atoms with Gasteiger partial charge in [0.2, 0.25) is 10.0 Å². The molecule has 0 aliphatic rings. The van der Waals surface area contributed by atoms with Crippen LogP contribution in [0.3, 0.4) is 0 Å². The lowest BCUT2D eigenvalue weighted by Crippen LogP contribution is -2.28. The van der Waals surface area contributed by atoms with E-state index in [0.717, 1.165) is 18.4 Å². The van der Waals surface area contributed by atoms with Gasteiger partial charge in [-0.3, -0.25) is 0 Å². The predicted octanol–water partition coefficient (Wildman–Crippen LogP) is 2.33. The molecule has 0 bridgehead atoms. The number of benzene rings is 1. The van der Waals surface area contributed by atoms with Crippen LogP contribution in [-0.4, -0.2) is 26.3 Å². The summed E-state index contributed by atoms with van der Waals surface area (Å²) in [6, 6.07) is 5.09. The molecule has 0 saturated heterocycles. The van der Waals surface area contributed by atoms with Crippen LogP contribution in [-0.2, 0) is 16.6 Å². The molecular weight excluding hydrogens is 316 g/mol. The van der Waals surface area contributed by atoms with Gasteiger partial charge in [-0.1, -0.05) is 19.4 Å². The van der Waals surface area contributed by atoms with Gasteiger partial charge in [-0.05, 0) is 40.0 Å². The number of hydrogen-bond acceptors (Lipinski definition) is 3. The second kappa shape index (κ2) is 6.65. The van der Waals surface area contributed by atoms with Crippen molar-refractivity contribution in [3.8, 4) is 0 Å². The van der Waals surface area contributed by atoms with E-state index < -0.39 is 10.0 Å². The molecule has 4 nitrogen and oxygen atoms in total. The molecule has 1 aromatic rings. The number of rotatable bonds is 6. The number of halogens is 1. The molecule has 0 saturated carbocycles. The highest BCUT2D eigenvalue weighted by atomic mass is 79.9. The number of hydrogen-bond donors (Lipinski definition) is 1. The molecule has 102 valence electrons. The van der Waals surface area contributed by atoms with Crippen molar-refractivity contribution in [3.63, 3.8) is 0 Å². The van der Waals surface area contributed by atoms with E-state index in [9.17, 15) is 8.42 Å². The second-order valence-electron chi connectivity index (χ2n) is 4.15. The van der Waals surface area contributed by atoms with Gasteiger partial charge in [0, 0.05) is 24.6 Å². The van der Waals surface area contributed by atoms with Crippen LogP contribution in [0.15, 0.2) is 27.6 Å². The Morgan fingerprint density at radius 2 is 2.06 bits per heavy atom. The van der Waals surface area contributed by atoms with Crippen LogP contribution >= 0.6 is 15.9 Å². The maximum Gasteiger partial charge on any atom is 0.243 e. The fourth-order valence-corrected chi connectivity index (χ4v) is 3.84. The van der Waals surface area contributed by atoms with Gasteiger partial charge in [-0.2, -0.15) is 0 Å². The average Bonchev–Trinajstić information content (AvgIpc) is 2.35. The van der Waals surface area contributed by atoms with E-state index in [-0.39, 0.29) is 0 Å². The topological polar surface area (TPSA) is 63.4 Å². The zero-order chi connectivity index (χ0) is 13.8. The van der Waals surface area contributed by atoms with E-state index in [1.165, 1.54) is 4.31 Å². The fraction of sp³-hybridized carbons (Fsp3) is 0.500. The Bertz CT molecular complexity index is 503. The first-order chi connectivity index (χ1) is 8.43. The Kier molecular flexibility index (Phi) is 5.78. The molecule has 6 heteroatoms. The molecule has 1 rings (SSSR count). The summed E-state index contributed by atoms with van der Waals surface area (Å²) in [6.45, 7) is 2.96. The van der Waals surface area contributed by atoms with Crippen LogP contribution in [0.5, 0.6) is 0 Å². The lowest BCUT2D eigenvalue weighted by Gasteiger charge is -2.18. The lowest BCUT2D eigenvalue weighted by atomic mass is 10.2. The van der Waals surface area contributed by atoms with E-state index in [0.29, 0.717) is 22.5 Å². The Balaban J connectivity index is 3.05. The first kappa shape index (κ1) is 15.6. The van der Waals surface area contributed by atoms with E-state index in [1.54, 1.807) is 25.2 Å². The van der Waals surface area contributed by atoms with Crippen molar-refractivity contribution in [2.24, 2.45) is 5.73 Å². The minimum Gasteiger partial charge on any atom is -0.326 e. The first-order valence-electron chi connectivity index (χ1n) is 5.88.